The first-order valence-electron chi connectivity index (χ1n) is 9.23. The Morgan fingerprint density at radius 3 is 2.96 bits per heavy atom. The Hall–Kier alpha value is -1.93. The Bertz CT molecular complexity index is 849. The van der Waals surface area contributed by atoms with Crippen LogP contribution in [0.4, 0.5) is 11.8 Å². The number of hydrogen-bond donors (Lipinski definition) is 3. The summed E-state index contributed by atoms with van der Waals surface area (Å²) in [7, 11) is 0. The van der Waals surface area contributed by atoms with Crippen molar-refractivity contribution >= 4 is 22.9 Å². The van der Waals surface area contributed by atoms with Crippen molar-refractivity contribution in [2.24, 2.45) is 23.7 Å². The lowest BCUT2D eigenvalue weighted by Crippen LogP contribution is -2.36. The number of nitrogens with two attached hydrogens (primary N) is 1. The molecule has 4 N–H and O–H groups in total. The summed E-state index contributed by atoms with van der Waals surface area (Å²) >= 11 is 0. The quantitative estimate of drug-likeness (QED) is 0.753. The number of nitrogens with one attached hydrogen (secondary N) is 1. The van der Waals surface area contributed by atoms with E-state index in [2.05, 4.69) is 24.8 Å². The van der Waals surface area contributed by atoms with Gasteiger partial charge in [0.1, 0.15) is 0 Å². The number of hydrogen-bond acceptors (Lipinski definition) is 7. The Kier molecular flexibility index (Phi) is 2.75. The number of imidazole rings is 1. The highest BCUT2D eigenvalue weighted by Gasteiger charge is 2.62. The van der Waals surface area contributed by atoms with Crippen LogP contribution in [0.2, 0.25) is 0 Å². The molecule has 132 valence electrons. The fraction of sp³-hybridized carbons (Fsp3) is 0.706. The Balaban J connectivity index is 1.46. The normalized spacial score (nSPS) is 38.8. The van der Waals surface area contributed by atoms with Crippen molar-refractivity contribution in [2.45, 2.75) is 37.5 Å². The second kappa shape index (κ2) is 4.82. The first kappa shape index (κ1) is 14.3. The summed E-state index contributed by atoms with van der Waals surface area (Å²) in [5, 5.41) is 13.3. The molecule has 3 heterocycles. The van der Waals surface area contributed by atoms with Crippen molar-refractivity contribution in [3.8, 4) is 0 Å². The highest BCUT2D eigenvalue weighted by Crippen LogP contribution is 2.61. The van der Waals surface area contributed by atoms with Crippen LogP contribution in [0.5, 0.6) is 0 Å². The number of aliphatic hydroxyl groups is 1. The Morgan fingerprint density at radius 1 is 1.28 bits per heavy atom. The van der Waals surface area contributed by atoms with Gasteiger partial charge in [0.15, 0.2) is 17.0 Å². The van der Waals surface area contributed by atoms with E-state index in [1.165, 1.54) is 0 Å². The van der Waals surface area contributed by atoms with Crippen molar-refractivity contribution in [3.63, 3.8) is 0 Å². The highest BCUT2D eigenvalue weighted by atomic mass is 16.5. The monoisotopic (exact) mass is 342 g/mol. The third-order valence-electron chi connectivity index (χ3n) is 6.76. The first-order valence-corrected chi connectivity index (χ1v) is 9.23. The van der Waals surface area contributed by atoms with Gasteiger partial charge in [-0.15, -0.1) is 0 Å². The first-order chi connectivity index (χ1) is 12.2. The van der Waals surface area contributed by atoms with Crippen LogP contribution in [-0.2, 0) is 4.74 Å². The molecule has 2 aromatic heterocycles. The smallest absolute Gasteiger partial charge is 0.224 e. The highest BCUT2D eigenvalue weighted by molar-refractivity contribution is 5.84. The molecule has 4 aliphatic rings. The predicted octanol–water partition coefficient (Wildman–Crippen LogP) is 0.797. The average molecular weight is 342 g/mol. The van der Waals surface area contributed by atoms with Crippen molar-refractivity contribution in [2.75, 3.05) is 24.3 Å². The van der Waals surface area contributed by atoms with E-state index in [1.807, 2.05) is 6.33 Å². The van der Waals surface area contributed by atoms with Gasteiger partial charge in [-0.05, 0) is 42.9 Å². The Morgan fingerprint density at radius 2 is 2.16 bits per heavy atom. The molecule has 6 atom stereocenters. The summed E-state index contributed by atoms with van der Waals surface area (Å²) in [6.07, 6.45) is 5.50. The summed E-state index contributed by atoms with van der Waals surface area (Å²) < 4.78 is 8.26. The van der Waals surface area contributed by atoms with E-state index < -0.39 is 0 Å². The molecule has 0 unspecified atom stereocenters. The maximum Gasteiger partial charge on any atom is 0.224 e. The zero-order chi connectivity index (χ0) is 16.7. The molecule has 0 aromatic carbocycles. The van der Waals surface area contributed by atoms with Gasteiger partial charge in [-0.1, -0.05) is 0 Å². The lowest BCUT2D eigenvalue weighted by atomic mass is 9.78. The van der Waals surface area contributed by atoms with E-state index in [0.29, 0.717) is 29.7 Å². The standard InChI is InChI=1S/C17H22N6O2/c18-17-21-15(20-7-1-2-7)12-16(22-17)23(6-19-12)13-8-3-9-11(10(8)4-24)5-25-14(9)13/h6-11,13-14,24H,1-5H2,(H3,18,20,21,22)/t8-,9+,10+,11+,13-,14-/m1/s1. The largest absolute Gasteiger partial charge is 0.396 e. The zero-order valence-corrected chi connectivity index (χ0v) is 13.9. The molecule has 8 nitrogen and oxygen atoms in total. The number of nitrogen functional groups attached to an aromatic ring is 1. The lowest BCUT2D eigenvalue weighted by molar-refractivity contribution is 0.0561. The molecule has 4 fully saturated rings. The molecule has 0 amide bonds. The van der Waals surface area contributed by atoms with Crippen LogP contribution >= 0.6 is 0 Å². The van der Waals surface area contributed by atoms with E-state index in [-0.39, 0.29) is 24.7 Å². The number of aliphatic hydroxyl groups excluding tert-OH is 1. The number of anilines is 2. The van der Waals surface area contributed by atoms with Gasteiger partial charge in [-0.3, -0.25) is 0 Å². The van der Waals surface area contributed by atoms with Crippen LogP contribution in [0, 0.1) is 23.7 Å². The minimum absolute atomic E-state index is 0.175. The van der Waals surface area contributed by atoms with E-state index in [4.69, 9.17) is 10.5 Å². The van der Waals surface area contributed by atoms with Gasteiger partial charge in [-0.2, -0.15) is 9.97 Å². The van der Waals surface area contributed by atoms with Gasteiger partial charge in [0, 0.05) is 12.6 Å². The van der Waals surface area contributed by atoms with Gasteiger partial charge in [0.2, 0.25) is 5.95 Å². The molecule has 2 bridgehead atoms. The molecular weight excluding hydrogens is 320 g/mol. The second-order valence-electron chi connectivity index (χ2n) is 8.04. The molecule has 0 spiro atoms. The molecular formula is C17H22N6O2. The predicted molar refractivity (Wildman–Crippen MR) is 90.8 cm³/mol. The van der Waals surface area contributed by atoms with Crippen LogP contribution in [0.15, 0.2) is 6.33 Å². The SMILES string of the molecule is Nc1nc(NC2CC2)c2ncn([C@@H]3[C@@H]4C[C@H]5[C@H](CO[C@H]53)[C@H]4CO)c2n1. The molecule has 2 aromatic rings. The fourth-order valence-electron chi connectivity index (χ4n) is 5.57. The molecule has 8 heteroatoms. The van der Waals surface area contributed by atoms with E-state index >= 15 is 0 Å². The van der Waals surface area contributed by atoms with Crippen LogP contribution in [0.3, 0.4) is 0 Å². The van der Waals surface area contributed by atoms with Gasteiger partial charge < -0.3 is 25.5 Å². The van der Waals surface area contributed by atoms with E-state index in [0.717, 1.165) is 42.9 Å². The second-order valence-corrected chi connectivity index (χ2v) is 8.04. The van der Waals surface area contributed by atoms with Crippen LogP contribution in [0.25, 0.3) is 11.2 Å². The summed E-state index contributed by atoms with van der Waals surface area (Å²) in [5.74, 6) is 2.79. The molecule has 1 aliphatic heterocycles. The summed E-state index contributed by atoms with van der Waals surface area (Å²) in [4.78, 5) is 13.5. The van der Waals surface area contributed by atoms with E-state index in [1.54, 1.807) is 0 Å². The molecule has 0 radical (unpaired) electrons. The van der Waals surface area contributed by atoms with Gasteiger partial charge in [-0.25, -0.2) is 4.98 Å². The minimum Gasteiger partial charge on any atom is -0.396 e. The Labute approximate surface area is 144 Å². The number of nitrogens with zero attached hydrogens (tertiary/aromatic N) is 4. The minimum atomic E-state index is 0.175. The summed E-state index contributed by atoms with van der Waals surface area (Å²) in [6.45, 7) is 1.00. The topological polar surface area (TPSA) is 111 Å². The third kappa shape index (κ3) is 1.86. The summed E-state index contributed by atoms with van der Waals surface area (Å²) in [6, 6.07) is 0.650. The molecule has 3 aliphatic carbocycles. The number of fused-ring (bicyclic) bond motifs is 2. The third-order valence-corrected chi connectivity index (χ3v) is 6.76. The number of rotatable bonds is 4. The van der Waals surface area contributed by atoms with Crippen molar-refractivity contribution in [3.05, 3.63) is 6.33 Å². The molecule has 3 saturated carbocycles. The van der Waals surface area contributed by atoms with Crippen LogP contribution in [0.1, 0.15) is 25.3 Å². The maximum absolute atomic E-state index is 9.89. The molecule has 25 heavy (non-hydrogen) atoms. The lowest BCUT2D eigenvalue weighted by Gasteiger charge is -2.33. The van der Waals surface area contributed by atoms with Crippen LogP contribution in [-0.4, -0.2) is 50.0 Å². The fourth-order valence-corrected chi connectivity index (χ4v) is 5.57. The van der Waals surface area contributed by atoms with Gasteiger partial charge in [0.25, 0.3) is 0 Å². The zero-order valence-electron chi connectivity index (χ0n) is 13.9. The van der Waals surface area contributed by atoms with E-state index in [9.17, 15) is 5.11 Å². The average Bonchev–Trinajstić information content (AvgIpc) is 2.93. The van der Waals surface area contributed by atoms with Gasteiger partial charge >= 0.3 is 0 Å². The van der Waals surface area contributed by atoms with Crippen molar-refractivity contribution < 1.29 is 9.84 Å². The maximum atomic E-state index is 9.89. The van der Waals surface area contributed by atoms with Crippen molar-refractivity contribution in [1.82, 2.24) is 19.5 Å². The number of ether oxygens (including phenoxy) is 1. The molecule has 1 saturated heterocycles. The van der Waals surface area contributed by atoms with Crippen molar-refractivity contribution in [1.29, 1.82) is 0 Å². The summed E-state index contributed by atoms with van der Waals surface area (Å²) in [5.41, 5.74) is 7.53. The van der Waals surface area contributed by atoms with Crippen LogP contribution < -0.4 is 11.1 Å². The number of aromatic nitrogens is 4. The molecule has 6 rings (SSSR count). The van der Waals surface area contributed by atoms with Gasteiger partial charge in [0.05, 0.1) is 25.1 Å².